The van der Waals surface area contributed by atoms with Crippen molar-refractivity contribution in [2.24, 2.45) is 0 Å². The van der Waals surface area contributed by atoms with Crippen LogP contribution in [0.4, 0.5) is 5.69 Å². The molecule has 0 unspecified atom stereocenters. The molecule has 3 aromatic rings. The van der Waals surface area contributed by atoms with Gasteiger partial charge in [0.2, 0.25) is 0 Å². The molecule has 1 aliphatic heterocycles. The molecule has 0 aliphatic carbocycles. The Bertz CT molecular complexity index is 1050. The van der Waals surface area contributed by atoms with E-state index in [1.165, 1.54) is 6.07 Å². The smallest absolute Gasteiger partial charge is 0.280 e. The molecule has 29 heavy (non-hydrogen) atoms. The minimum Gasteiger partial charge on any atom is -0.459 e. The highest BCUT2D eigenvalue weighted by molar-refractivity contribution is 7.80. The van der Waals surface area contributed by atoms with Crippen molar-refractivity contribution in [2.45, 2.75) is 32.0 Å². The SMILES string of the molecule is CC(C)N1C(=S)N[C@@H](c2ccccn2)[C@@H]1c1ccc(-c2ccccc2[N+](=O)[O-])o1. The van der Waals surface area contributed by atoms with E-state index in [9.17, 15) is 10.1 Å². The fourth-order valence-corrected chi connectivity index (χ4v) is 4.18. The van der Waals surface area contributed by atoms with E-state index in [1.54, 1.807) is 30.5 Å². The molecule has 2 atom stereocenters. The van der Waals surface area contributed by atoms with E-state index in [0.29, 0.717) is 22.2 Å². The summed E-state index contributed by atoms with van der Waals surface area (Å²) in [7, 11) is 0. The minimum absolute atomic E-state index is 0.00968. The molecule has 0 bridgehead atoms. The maximum atomic E-state index is 11.4. The van der Waals surface area contributed by atoms with E-state index in [0.717, 1.165) is 5.69 Å². The molecule has 4 rings (SSSR count). The number of hydrogen-bond acceptors (Lipinski definition) is 5. The Morgan fingerprint density at radius 2 is 1.93 bits per heavy atom. The molecular weight excluding hydrogens is 388 g/mol. The zero-order valence-corrected chi connectivity index (χ0v) is 16.8. The quantitative estimate of drug-likeness (QED) is 0.374. The number of nitrogens with one attached hydrogen (secondary N) is 1. The number of pyridine rings is 1. The van der Waals surface area contributed by atoms with Crippen LogP contribution in [0.2, 0.25) is 0 Å². The van der Waals surface area contributed by atoms with Crippen molar-refractivity contribution < 1.29 is 9.34 Å². The first-order valence-electron chi connectivity index (χ1n) is 9.30. The second-order valence-corrected chi connectivity index (χ2v) is 7.49. The highest BCUT2D eigenvalue weighted by Crippen LogP contribution is 2.42. The van der Waals surface area contributed by atoms with Crippen molar-refractivity contribution in [1.82, 2.24) is 15.2 Å². The third-order valence-corrected chi connectivity index (χ3v) is 5.30. The van der Waals surface area contributed by atoms with Crippen LogP contribution in [-0.4, -0.2) is 26.0 Å². The summed E-state index contributed by atoms with van der Waals surface area (Å²) < 4.78 is 6.15. The zero-order chi connectivity index (χ0) is 20.5. The van der Waals surface area contributed by atoms with Crippen molar-refractivity contribution in [3.05, 3.63) is 82.4 Å². The van der Waals surface area contributed by atoms with E-state index in [4.69, 9.17) is 16.6 Å². The first-order chi connectivity index (χ1) is 14.0. The fraction of sp³-hybridized carbons (Fsp3) is 0.238. The summed E-state index contributed by atoms with van der Waals surface area (Å²) in [6.45, 7) is 4.13. The molecule has 0 spiro atoms. The fourth-order valence-electron chi connectivity index (χ4n) is 3.72. The molecular formula is C21H20N4O3S. The highest BCUT2D eigenvalue weighted by atomic mass is 32.1. The van der Waals surface area contributed by atoms with Gasteiger partial charge in [-0.1, -0.05) is 18.2 Å². The monoisotopic (exact) mass is 408 g/mol. The van der Waals surface area contributed by atoms with E-state index < -0.39 is 4.92 Å². The van der Waals surface area contributed by atoms with Gasteiger partial charge in [0, 0.05) is 18.3 Å². The number of hydrogen-bond donors (Lipinski definition) is 1. The van der Waals surface area contributed by atoms with Gasteiger partial charge in [-0.2, -0.15) is 0 Å². The van der Waals surface area contributed by atoms with Crippen LogP contribution in [0.1, 0.15) is 37.4 Å². The number of nitro groups is 1. The number of para-hydroxylation sites is 1. The van der Waals surface area contributed by atoms with Crippen LogP contribution in [0, 0.1) is 10.1 Å². The average molecular weight is 408 g/mol. The Morgan fingerprint density at radius 1 is 1.17 bits per heavy atom. The number of benzene rings is 1. The molecule has 2 aromatic heterocycles. The number of thiocarbonyl (C=S) groups is 1. The summed E-state index contributed by atoms with van der Waals surface area (Å²) in [4.78, 5) is 17.6. The van der Waals surface area contributed by atoms with Crippen LogP contribution in [0.3, 0.4) is 0 Å². The second-order valence-electron chi connectivity index (χ2n) is 7.10. The van der Waals surface area contributed by atoms with E-state index in [-0.39, 0.29) is 23.8 Å². The maximum Gasteiger partial charge on any atom is 0.280 e. The molecule has 3 heterocycles. The molecule has 148 valence electrons. The van der Waals surface area contributed by atoms with Gasteiger partial charge in [0.15, 0.2) is 5.11 Å². The predicted octanol–water partition coefficient (Wildman–Crippen LogP) is 4.63. The van der Waals surface area contributed by atoms with Crippen molar-refractivity contribution >= 4 is 23.0 Å². The topological polar surface area (TPSA) is 84.4 Å². The summed E-state index contributed by atoms with van der Waals surface area (Å²) in [6.07, 6.45) is 1.75. The van der Waals surface area contributed by atoms with Crippen molar-refractivity contribution in [3.8, 4) is 11.3 Å². The predicted molar refractivity (Wildman–Crippen MR) is 113 cm³/mol. The van der Waals surface area contributed by atoms with Crippen molar-refractivity contribution in [1.29, 1.82) is 0 Å². The van der Waals surface area contributed by atoms with Gasteiger partial charge in [0.05, 0.1) is 22.2 Å². The Labute approximate surface area is 173 Å². The standard InChI is InChI=1S/C21H20N4O3S/c1-13(2)24-20(19(23-21(24)29)15-8-5-6-12-22-15)18-11-10-17(28-18)14-7-3-4-9-16(14)25(26)27/h3-13,19-20H,1-2H3,(H,23,29)/t19-,20-/m0/s1. The first kappa shape index (κ1) is 19.1. The first-order valence-corrected chi connectivity index (χ1v) is 9.71. The summed E-state index contributed by atoms with van der Waals surface area (Å²) in [5.41, 5.74) is 1.31. The number of nitro benzene ring substituents is 1. The van der Waals surface area contributed by atoms with Gasteiger partial charge in [0.25, 0.3) is 5.69 Å². The van der Waals surface area contributed by atoms with E-state index in [2.05, 4.69) is 29.0 Å². The van der Waals surface area contributed by atoms with Crippen LogP contribution in [-0.2, 0) is 0 Å². The Balaban J connectivity index is 1.78. The minimum atomic E-state index is -0.402. The Hall–Kier alpha value is -3.26. The molecule has 1 fully saturated rings. The van der Waals surface area contributed by atoms with Crippen LogP contribution >= 0.6 is 12.2 Å². The van der Waals surface area contributed by atoms with Crippen LogP contribution in [0.15, 0.2) is 65.2 Å². The van der Waals surface area contributed by atoms with Crippen molar-refractivity contribution in [3.63, 3.8) is 0 Å². The van der Waals surface area contributed by atoms with Crippen molar-refractivity contribution in [2.75, 3.05) is 0 Å². The van der Waals surface area contributed by atoms with Gasteiger partial charge < -0.3 is 14.6 Å². The van der Waals surface area contributed by atoms with E-state index >= 15 is 0 Å². The van der Waals surface area contributed by atoms with Gasteiger partial charge in [-0.25, -0.2) is 0 Å². The molecule has 8 heteroatoms. The Morgan fingerprint density at radius 3 is 2.62 bits per heavy atom. The molecule has 0 radical (unpaired) electrons. The third-order valence-electron chi connectivity index (χ3n) is 4.98. The number of rotatable bonds is 5. The lowest BCUT2D eigenvalue weighted by Crippen LogP contribution is -2.35. The number of nitrogens with zero attached hydrogens (tertiary/aromatic N) is 3. The van der Waals surface area contributed by atoms with Crippen LogP contribution in [0.5, 0.6) is 0 Å². The number of aromatic nitrogens is 1. The zero-order valence-electron chi connectivity index (χ0n) is 16.0. The van der Waals surface area contributed by atoms with Crippen LogP contribution < -0.4 is 5.32 Å². The van der Waals surface area contributed by atoms with Gasteiger partial charge >= 0.3 is 0 Å². The largest absolute Gasteiger partial charge is 0.459 e. The molecule has 0 saturated carbocycles. The highest BCUT2D eigenvalue weighted by Gasteiger charge is 2.42. The molecule has 1 aliphatic rings. The maximum absolute atomic E-state index is 11.4. The third kappa shape index (κ3) is 3.47. The molecule has 1 saturated heterocycles. The second kappa shape index (κ2) is 7.63. The summed E-state index contributed by atoms with van der Waals surface area (Å²) in [5, 5.41) is 15.4. The lowest BCUT2D eigenvalue weighted by molar-refractivity contribution is -0.384. The average Bonchev–Trinajstić information content (AvgIpc) is 3.33. The number of furan rings is 1. The normalized spacial score (nSPS) is 18.9. The summed E-state index contributed by atoms with van der Waals surface area (Å²) in [5.74, 6) is 1.13. The van der Waals surface area contributed by atoms with E-state index in [1.807, 2.05) is 24.3 Å². The summed E-state index contributed by atoms with van der Waals surface area (Å²) in [6, 6.07) is 15.7. The molecule has 1 aromatic carbocycles. The lowest BCUT2D eigenvalue weighted by Gasteiger charge is -2.29. The molecule has 7 nitrogen and oxygen atoms in total. The van der Waals surface area contributed by atoms with Gasteiger partial charge in [-0.15, -0.1) is 0 Å². The van der Waals surface area contributed by atoms with Gasteiger partial charge in [-0.3, -0.25) is 15.1 Å². The Kier molecular flexibility index (Phi) is 5.02. The molecule has 0 amide bonds. The van der Waals surface area contributed by atoms with Gasteiger partial charge in [-0.05, 0) is 56.4 Å². The lowest BCUT2D eigenvalue weighted by atomic mass is 10.0. The summed E-state index contributed by atoms with van der Waals surface area (Å²) >= 11 is 5.58. The van der Waals surface area contributed by atoms with Gasteiger partial charge in [0.1, 0.15) is 17.6 Å². The van der Waals surface area contributed by atoms with Crippen LogP contribution in [0.25, 0.3) is 11.3 Å². The molecule has 1 N–H and O–H groups in total.